The third-order valence-corrected chi connectivity index (χ3v) is 9.79. The Morgan fingerprint density at radius 2 is 2.07 bits per heavy atom. The topological polar surface area (TPSA) is 155 Å². The number of rotatable bonds is 11. The van der Waals surface area contributed by atoms with Crippen LogP contribution in [0, 0.1) is 11.8 Å². The number of hydrogen-bond donors (Lipinski definition) is 4. The number of aromatic hydroxyl groups is 1. The number of carboxylic acids is 1. The molecule has 11 heteroatoms. The monoisotopic (exact) mass is 570 g/mol. The molecular weight excluding hydrogens is 532 g/mol. The first-order valence-corrected chi connectivity index (χ1v) is 14.7. The lowest BCUT2D eigenvalue weighted by Crippen LogP contribution is -2.75. The summed E-state index contributed by atoms with van der Waals surface area (Å²) in [5, 5.41) is 34.8. The lowest BCUT2D eigenvalue weighted by molar-refractivity contribution is -0.169. The summed E-state index contributed by atoms with van der Waals surface area (Å²) in [6, 6.07) is 3.44. The summed E-state index contributed by atoms with van der Waals surface area (Å²) in [5.41, 5.74) is -0.131. The number of nitrogens with zero attached hydrogens (tertiary/aromatic N) is 1. The number of phenols is 1. The summed E-state index contributed by atoms with van der Waals surface area (Å²) >= 11 is 0. The number of carboxylic acid groups (broad SMARTS) is 1. The first-order valence-electron chi connectivity index (χ1n) is 14.7. The number of aliphatic carboxylic acids is 1. The molecule has 0 aromatic heterocycles. The first kappa shape index (κ1) is 27.8. The van der Waals surface area contributed by atoms with E-state index in [4.69, 9.17) is 19.3 Å². The van der Waals surface area contributed by atoms with Crippen LogP contribution in [0.25, 0.3) is 0 Å². The van der Waals surface area contributed by atoms with E-state index in [0.717, 1.165) is 24.2 Å². The second-order valence-electron chi connectivity index (χ2n) is 12.1. The molecular formula is C30H38N2O9. The molecule has 2 heterocycles. The van der Waals surface area contributed by atoms with Crippen LogP contribution in [0.4, 0.5) is 4.79 Å². The van der Waals surface area contributed by atoms with Crippen LogP contribution >= 0.6 is 0 Å². The van der Waals surface area contributed by atoms with Crippen molar-refractivity contribution in [1.82, 2.24) is 10.2 Å². The quantitative estimate of drug-likeness (QED) is 0.231. The molecule has 4 N–H and O–H groups in total. The van der Waals surface area contributed by atoms with Gasteiger partial charge in [-0.1, -0.05) is 13.0 Å². The number of carbonyl (C=O) groups excluding carboxylic acids is 2. The van der Waals surface area contributed by atoms with E-state index in [2.05, 4.69) is 10.2 Å². The molecule has 6 rings (SSSR count). The van der Waals surface area contributed by atoms with E-state index in [1.54, 1.807) is 19.1 Å². The highest BCUT2D eigenvalue weighted by atomic mass is 16.7. The summed E-state index contributed by atoms with van der Waals surface area (Å²) < 4.78 is 17.2. The van der Waals surface area contributed by atoms with Gasteiger partial charge >= 0.3 is 12.1 Å². The highest BCUT2D eigenvalue weighted by molar-refractivity contribution is 5.77. The Labute approximate surface area is 238 Å². The summed E-state index contributed by atoms with van der Waals surface area (Å²) in [6.45, 7) is 3.43. The summed E-state index contributed by atoms with van der Waals surface area (Å²) in [4.78, 5) is 38.2. The molecule has 2 bridgehead atoms. The van der Waals surface area contributed by atoms with E-state index in [9.17, 15) is 24.6 Å². The lowest BCUT2D eigenvalue weighted by atomic mass is 9.50. The molecule has 2 aliphatic heterocycles. The van der Waals surface area contributed by atoms with Crippen molar-refractivity contribution in [2.75, 3.05) is 26.2 Å². The number of carbonyl (C=O) groups is 3. The van der Waals surface area contributed by atoms with E-state index in [-0.39, 0.29) is 55.9 Å². The predicted molar refractivity (Wildman–Crippen MR) is 144 cm³/mol. The molecule has 1 saturated carbocycles. The standard InChI is InChI=1S/C30H38N2O9/c1-2-18(27(35)36)6-8-23(34)31-12-14-39-28(37)40-21-9-10-30(38)22-15-19-5-7-20(33)25-24(19)29(30,26(21)41-25)11-13-32(22)16-17-3-4-17/h5,7,9,17-18,22,26,33,38H,2-4,6,8,10-16H2,1H3,(H,31,34)(H,35,36)/t18?,22-,26+,29+,30-/m1/s1. The molecule has 1 amide bonds. The Bertz CT molecular complexity index is 1280. The van der Waals surface area contributed by atoms with Crippen molar-refractivity contribution >= 4 is 18.0 Å². The van der Waals surface area contributed by atoms with Crippen molar-refractivity contribution in [3.05, 3.63) is 35.1 Å². The average Bonchev–Trinajstić information content (AvgIpc) is 3.68. The zero-order valence-corrected chi connectivity index (χ0v) is 23.3. The first-order chi connectivity index (χ1) is 19.7. The summed E-state index contributed by atoms with van der Waals surface area (Å²) in [6.07, 6.45) is 4.71. The maximum atomic E-state index is 12.7. The zero-order chi connectivity index (χ0) is 28.9. The Morgan fingerprint density at radius 1 is 1.27 bits per heavy atom. The Balaban J connectivity index is 1.12. The fourth-order valence-corrected chi connectivity index (χ4v) is 7.51. The summed E-state index contributed by atoms with van der Waals surface area (Å²) in [5.74, 6) is -0.533. The number of amides is 1. The Hall–Kier alpha value is -3.31. The number of aliphatic hydroxyl groups is 1. The van der Waals surface area contributed by atoms with Gasteiger partial charge in [0.25, 0.3) is 0 Å². The smallest absolute Gasteiger partial charge is 0.504 e. The van der Waals surface area contributed by atoms with Crippen LogP contribution in [-0.2, 0) is 30.9 Å². The van der Waals surface area contributed by atoms with Crippen molar-refractivity contribution in [1.29, 1.82) is 0 Å². The maximum Gasteiger partial charge on any atom is 0.513 e. The number of likely N-dealkylation sites (tertiary alicyclic amines) is 1. The van der Waals surface area contributed by atoms with E-state index in [1.807, 2.05) is 6.07 Å². The third-order valence-electron chi connectivity index (χ3n) is 9.79. The van der Waals surface area contributed by atoms with Gasteiger partial charge in [-0.3, -0.25) is 14.5 Å². The number of piperidine rings is 1. The minimum absolute atomic E-state index is 0.0000141. The average molecular weight is 571 g/mol. The highest BCUT2D eigenvalue weighted by Crippen LogP contribution is 2.65. The molecule has 11 nitrogen and oxygen atoms in total. The summed E-state index contributed by atoms with van der Waals surface area (Å²) in [7, 11) is 0. The Morgan fingerprint density at radius 3 is 2.80 bits per heavy atom. The fourth-order valence-electron chi connectivity index (χ4n) is 7.51. The van der Waals surface area contributed by atoms with Gasteiger partial charge in [-0.15, -0.1) is 0 Å². The van der Waals surface area contributed by atoms with Gasteiger partial charge in [0.15, 0.2) is 17.6 Å². The van der Waals surface area contributed by atoms with E-state index in [1.165, 1.54) is 12.8 Å². The number of nitrogens with one attached hydrogen (secondary N) is 1. The zero-order valence-electron chi connectivity index (χ0n) is 23.3. The second-order valence-corrected chi connectivity index (χ2v) is 12.1. The maximum absolute atomic E-state index is 12.7. The number of benzene rings is 1. The van der Waals surface area contributed by atoms with Crippen molar-refractivity contribution in [2.45, 2.75) is 81.5 Å². The van der Waals surface area contributed by atoms with E-state index < -0.39 is 35.2 Å². The predicted octanol–water partition coefficient (Wildman–Crippen LogP) is 2.61. The van der Waals surface area contributed by atoms with Gasteiger partial charge in [-0.2, -0.15) is 0 Å². The second kappa shape index (κ2) is 10.5. The Kier molecular flexibility index (Phi) is 7.14. The van der Waals surface area contributed by atoms with Gasteiger partial charge in [-0.25, -0.2) is 4.79 Å². The number of hydrogen-bond acceptors (Lipinski definition) is 9. The molecule has 1 aromatic carbocycles. The minimum atomic E-state index is -1.14. The van der Waals surface area contributed by atoms with Crippen LogP contribution in [0.2, 0.25) is 0 Å². The van der Waals surface area contributed by atoms with Crippen LogP contribution in [0.3, 0.4) is 0 Å². The minimum Gasteiger partial charge on any atom is -0.504 e. The van der Waals surface area contributed by atoms with Crippen molar-refractivity contribution in [2.24, 2.45) is 11.8 Å². The van der Waals surface area contributed by atoms with Crippen LogP contribution in [-0.4, -0.2) is 82.2 Å². The van der Waals surface area contributed by atoms with Crippen LogP contribution in [0.15, 0.2) is 24.0 Å². The third kappa shape index (κ3) is 4.63. The molecule has 2 fully saturated rings. The fraction of sp³-hybridized carbons (Fsp3) is 0.633. The van der Waals surface area contributed by atoms with Crippen molar-refractivity contribution in [3.63, 3.8) is 0 Å². The molecule has 5 aliphatic rings. The highest BCUT2D eigenvalue weighted by Gasteiger charge is 2.72. The number of phenolic OH excluding ortho intramolecular Hbond substituents is 1. The molecule has 1 aromatic rings. The van der Waals surface area contributed by atoms with Crippen LogP contribution in [0.5, 0.6) is 11.5 Å². The van der Waals surface area contributed by atoms with Crippen molar-refractivity contribution < 1.29 is 43.9 Å². The normalized spacial score (nSPS) is 30.0. The van der Waals surface area contributed by atoms with Gasteiger partial charge < -0.3 is 34.8 Å². The van der Waals surface area contributed by atoms with Gasteiger partial charge in [0, 0.05) is 31.0 Å². The molecule has 41 heavy (non-hydrogen) atoms. The molecule has 1 saturated heterocycles. The van der Waals surface area contributed by atoms with E-state index in [0.29, 0.717) is 30.9 Å². The molecule has 3 aliphatic carbocycles. The van der Waals surface area contributed by atoms with Gasteiger partial charge in [0.05, 0.1) is 23.5 Å². The molecule has 1 unspecified atom stereocenters. The van der Waals surface area contributed by atoms with Gasteiger partial charge in [-0.05, 0) is 68.7 Å². The van der Waals surface area contributed by atoms with Crippen LogP contribution < -0.4 is 10.1 Å². The molecule has 0 radical (unpaired) electrons. The SMILES string of the molecule is CCC(CCC(=O)NCCOC(=O)OC1=CC[C@@]2(O)[C@H]3Cc4ccc(O)c5c4[C@@]2(CCN3CC2CC2)[C@H]1O5)C(=O)O. The van der Waals surface area contributed by atoms with Gasteiger partial charge in [0.2, 0.25) is 5.91 Å². The van der Waals surface area contributed by atoms with E-state index >= 15 is 0 Å². The molecule has 5 atom stereocenters. The van der Waals surface area contributed by atoms with Crippen molar-refractivity contribution in [3.8, 4) is 11.5 Å². The molecule has 1 spiro atoms. The molecule has 222 valence electrons. The van der Waals surface area contributed by atoms with Crippen LogP contribution in [0.1, 0.15) is 63.0 Å². The largest absolute Gasteiger partial charge is 0.513 e. The van der Waals surface area contributed by atoms with Gasteiger partial charge in [0.1, 0.15) is 12.4 Å². The number of ether oxygens (including phenoxy) is 3. The lowest BCUT2D eigenvalue weighted by Gasteiger charge is -2.62.